The van der Waals surface area contributed by atoms with E-state index in [0.717, 1.165) is 16.6 Å². The first-order valence-corrected chi connectivity index (χ1v) is 11.6. The Labute approximate surface area is 182 Å². The Morgan fingerprint density at radius 1 is 1.33 bits per heavy atom. The van der Waals surface area contributed by atoms with Crippen molar-refractivity contribution in [1.29, 1.82) is 0 Å². The van der Waals surface area contributed by atoms with E-state index in [9.17, 15) is 14.4 Å². The molecule has 3 amide bonds. The van der Waals surface area contributed by atoms with E-state index in [2.05, 4.69) is 33.9 Å². The molecule has 0 saturated heterocycles. The second-order valence-corrected chi connectivity index (χ2v) is 8.66. The highest BCUT2D eigenvalue weighted by Gasteiger charge is 2.29. The second-order valence-electron chi connectivity index (χ2n) is 6.65. The number of nitrogens with zero attached hydrogens (tertiary/aromatic N) is 1. The summed E-state index contributed by atoms with van der Waals surface area (Å²) >= 11 is 2.74. The molecular weight excluding hydrogens is 424 g/mol. The maximum atomic E-state index is 12.3. The molecule has 0 radical (unpaired) electrons. The molecule has 1 aromatic heterocycles. The lowest BCUT2D eigenvalue weighted by Gasteiger charge is -2.26. The minimum atomic E-state index is -0.474. The van der Waals surface area contributed by atoms with Gasteiger partial charge in [0, 0.05) is 11.4 Å². The molecule has 160 valence electrons. The van der Waals surface area contributed by atoms with Crippen molar-refractivity contribution < 1.29 is 19.1 Å². The van der Waals surface area contributed by atoms with Gasteiger partial charge in [-0.1, -0.05) is 24.3 Å². The van der Waals surface area contributed by atoms with Crippen LogP contribution in [0.1, 0.15) is 26.3 Å². The molecule has 2 heterocycles. The van der Waals surface area contributed by atoms with E-state index in [4.69, 9.17) is 4.74 Å². The first kappa shape index (κ1) is 22.1. The van der Waals surface area contributed by atoms with E-state index < -0.39 is 12.0 Å². The number of carbonyl (C=O) groups excluding carboxylic acids is 3. The van der Waals surface area contributed by atoms with E-state index in [1.54, 1.807) is 13.8 Å². The maximum Gasteiger partial charge on any atom is 0.337 e. The van der Waals surface area contributed by atoms with Crippen molar-refractivity contribution in [1.82, 2.24) is 15.6 Å². The number of amides is 3. The van der Waals surface area contributed by atoms with Crippen LogP contribution in [0.25, 0.3) is 10.2 Å². The van der Waals surface area contributed by atoms with Crippen molar-refractivity contribution >= 4 is 56.4 Å². The van der Waals surface area contributed by atoms with Gasteiger partial charge in [0.15, 0.2) is 5.13 Å². The smallest absolute Gasteiger partial charge is 0.337 e. The van der Waals surface area contributed by atoms with Gasteiger partial charge in [0.2, 0.25) is 5.91 Å². The predicted octanol–water partition coefficient (Wildman–Crippen LogP) is 3.05. The number of carbonyl (C=O) groups is 3. The minimum absolute atomic E-state index is 0.160. The fourth-order valence-electron chi connectivity index (χ4n) is 3.04. The number of thiazole rings is 1. The summed E-state index contributed by atoms with van der Waals surface area (Å²) in [5.41, 5.74) is 2.93. The quantitative estimate of drug-likeness (QED) is 0.536. The molecule has 0 aliphatic carbocycles. The van der Waals surface area contributed by atoms with Crippen molar-refractivity contribution in [3.05, 3.63) is 35.0 Å². The molecule has 3 rings (SSSR count). The minimum Gasteiger partial charge on any atom is -0.463 e. The Morgan fingerprint density at radius 3 is 2.87 bits per heavy atom. The second kappa shape index (κ2) is 9.94. The molecule has 10 heteroatoms. The number of aryl methyl sites for hydroxylation is 1. The summed E-state index contributed by atoms with van der Waals surface area (Å²) < 4.78 is 6.12. The van der Waals surface area contributed by atoms with Gasteiger partial charge in [-0.25, -0.2) is 14.6 Å². The number of thioether (sulfide) groups is 1. The van der Waals surface area contributed by atoms with Crippen LogP contribution in [0.15, 0.2) is 29.5 Å². The average molecular weight is 449 g/mol. The van der Waals surface area contributed by atoms with Crippen LogP contribution in [0.4, 0.5) is 9.93 Å². The molecule has 0 saturated carbocycles. The first-order chi connectivity index (χ1) is 14.4. The van der Waals surface area contributed by atoms with Crippen molar-refractivity contribution in [2.75, 3.05) is 23.4 Å². The van der Waals surface area contributed by atoms with Crippen molar-refractivity contribution in [2.24, 2.45) is 0 Å². The van der Waals surface area contributed by atoms with E-state index >= 15 is 0 Å². The van der Waals surface area contributed by atoms with Gasteiger partial charge < -0.3 is 20.7 Å². The van der Waals surface area contributed by atoms with Crippen LogP contribution in [0, 0.1) is 0 Å². The number of ether oxygens (including phenoxy) is 1. The topological polar surface area (TPSA) is 109 Å². The van der Waals surface area contributed by atoms with Gasteiger partial charge in [-0.05, 0) is 38.0 Å². The monoisotopic (exact) mass is 448 g/mol. The van der Waals surface area contributed by atoms with Crippen molar-refractivity contribution in [3.8, 4) is 0 Å². The zero-order chi connectivity index (χ0) is 21.7. The summed E-state index contributed by atoms with van der Waals surface area (Å²) in [7, 11) is 0. The molecule has 1 aliphatic rings. The van der Waals surface area contributed by atoms with Gasteiger partial charge >= 0.3 is 12.0 Å². The summed E-state index contributed by atoms with van der Waals surface area (Å²) in [6.07, 6.45) is 0.945. The van der Waals surface area contributed by atoms with Gasteiger partial charge in [0.25, 0.3) is 0 Å². The van der Waals surface area contributed by atoms with Crippen LogP contribution >= 0.6 is 23.1 Å². The number of urea groups is 1. The summed E-state index contributed by atoms with van der Waals surface area (Å²) in [6.45, 7) is 5.78. The SMILES string of the molecule is CCOC(=O)C1=C(CSCC(=O)Nc2nc3ccc(CC)cc3s2)NC(=O)N[C@H]1C. The number of benzene rings is 1. The van der Waals surface area contributed by atoms with Gasteiger partial charge in [0.05, 0.1) is 34.2 Å². The molecule has 1 aromatic carbocycles. The molecular formula is C20H24N4O4S2. The Kier molecular flexibility index (Phi) is 7.33. The van der Waals surface area contributed by atoms with E-state index in [1.165, 1.54) is 28.7 Å². The molecule has 1 atom stereocenters. The van der Waals surface area contributed by atoms with E-state index in [-0.39, 0.29) is 24.3 Å². The van der Waals surface area contributed by atoms with Crippen LogP contribution in [0.5, 0.6) is 0 Å². The van der Waals surface area contributed by atoms with Gasteiger partial charge in [-0.15, -0.1) is 11.8 Å². The third-order valence-electron chi connectivity index (χ3n) is 4.45. The Morgan fingerprint density at radius 2 is 2.13 bits per heavy atom. The van der Waals surface area contributed by atoms with Gasteiger partial charge in [-0.3, -0.25) is 4.79 Å². The van der Waals surface area contributed by atoms with Gasteiger partial charge in [-0.2, -0.15) is 0 Å². The lowest BCUT2D eigenvalue weighted by atomic mass is 10.1. The molecule has 30 heavy (non-hydrogen) atoms. The highest BCUT2D eigenvalue weighted by molar-refractivity contribution is 8.00. The largest absolute Gasteiger partial charge is 0.463 e. The molecule has 0 unspecified atom stereocenters. The standard InChI is InChI=1S/C20H24N4O4S2/c1-4-12-6-7-13-15(8-12)30-20(23-13)24-16(25)10-29-9-14-17(18(26)28-5-2)11(3)21-19(27)22-14/h6-8,11H,4-5,9-10H2,1-3H3,(H2,21,22,27)(H,23,24,25)/t11-/m0/s1. The average Bonchev–Trinajstić information content (AvgIpc) is 3.08. The molecule has 0 spiro atoms. The number of anilines is 1. The van der Waals surface area contributed by atoms with Gasteiger partial charge in [0.1, 0.15) is 0 Å². The number of nitrogens with one attached hydrogen (secondary N) is 3. The van der Waals surface area contributed by atoms with Crippen LogP contribution in [-0.2, 0) is 20.7 Å². The van der Waals surface area contributed by atoms with Crippen LogP contribution in [-0.4, -0.2) is 47.0 Å². The highest BCUT2D eigenvalue weighted by Crippen LogP contribution is 2.27. The van der Waals surface area contributed by atoms with Crippen LogP contribution in [0.2, 0.25) is 0 Å². The fourth-order valence-corrected chi connectivity index (χ4v) is 4.77. The van der Waals surface area contributed by atoms with E-state index in [0.29, 0.717) is 22.2 Å². The lowest BCUT2D eigenvalue weighted by Crippen LogP contribution is -2.49. The number of fused-ring (bicyclic) bond motifs is 1. The van der Waals surface area contributed by atoms with Crippen molar-refractivity contribution in [3.63, 3.8) is 0 Å². The number of aromatic nitrogens is 1. The summed E-state index contributed by atoms with van der Waals surface area (Å²) in [5.74, 6) is -0.202. The Balaban J connectivity index is 1.60. The summed E-state index contributed by atoms with van der Waals surface area (Å²) in [5, 5.41) is 8.67. The maximum absolute atomic E-state index is 12.3. The third kappa shape index (κ3) is 5.31. The van der Waals surface area contributed by atoms with E-state index in [1.807, 2.05) is 12.1 Å². The zero-order valence-electron chi connectivity index (χ0n) is 17.0. The Bertz CT molecular complexity index is 1000. The number of hydrogen-bond donors (Lipinski definition) is 3. The third-order valence-corrected chi connectivity index (χ3v) is 6.35. The number of rotatable bonds is 8. The zero-order valence-corrected chi connectivity index (χ0v) is 18.7. The number of hydrogen-bond acceptors (Lipinski definition) is 7. The molecule has 0 bridgehead atoms. The van der Waals surface area contributed by atoms with Crippen LogP contribution in [0.3, 0.4) is 0 Å². The predicted molar refractivity (Wildman–Crippen MR) is 120 cm³/mol. The molecule has 1 aliphatic heterocycles. The summed E-state index contributed by atoms with van der Waals surface area (Å²) in [4.78, 5) is 40.8. The first-order valence-electron chi connectivity index (χ1n) is 9.66. The molecule has 3 N–H and O–H groups in total. The van der Waals surface area contributed by atoms with Crippen molar-refractivity contribution in [2.45, 2.75) is 33.2 Å². The molecule has 0 fully saturated rings. The molecule has 8 nitrogen and oxygen atoms in total. The normalized spacial score (nSPS) is 16.2. The lowest BCUT2D eigenvalue weighted by molar-refractivity contribution is -0.139. The number of esters is 1. The Hall–Kier alpha value is -2.59. The molecule has 2 aromatic rings. The summed E-state index contributed by atoms with van der Waals surface area (Å²) in [6, 6.07) is 5.24. The highest BCUT2D eigenvalue weighted by atomic mass is 32.2. The fraction of sp³-hybridized carbons (Fsp3) is 0.400. The van der Waals surface area contributed by atoms with Crippen LogP contribution < -0.4 is 16.0 Å².